The van der Waals surface area contributed by atoms with Crippen molar-refractivity contribution < 1.29 is 5.11 Å². The first-order valence-corrected chi connectivity index (χ1v) is 11.9. The average Bonchev–Trinajstić information content (AvgIpc) is 3.24. The van der Waals surface area contributed by atoms with Crippen LogP contribution in [0, 0.1) is 34.5 Å². The van der Waals surface area contributed by atoms with E-state index in [0.29, 0.717) is 11.3 Å². The van der Waals surface area contributed by atoms with Crippen LogP contribution in [0.2, 0.25) is 0 Å². The highest BCUT2D eigenvalue weighted by Crippen LogP contribution is 2.67. The van der Waals surface area contributed by atoms with Gasteiger partial charge in [-0.15, -0.1) is 0 Å². The van der Waals surface area contributed by atoms with E-state index in [1.54, 1.807) is 0 Å². The molecule has 0 saturated heterocycles. The van der Waals surface area contributed by atoms with Gasteiger partial charge in [-0.2, -0.15) is 5.10 Å². The van der Waals surface area contributed by atoms with Crippen molar-refractivity contribution in [1.82, 2.24) is 9.78 Å². The summed E-state index contributed by atoms with van der Waals surface area (Å²) in [6, 6.07) is 2.09. The smallest absolute Gasteiger partial charge is 0.0810 e. The fourth-order valence-electron chi connectivity index (χ4n) is 8.21. The molecule has 0 aromatic carbocycles. The molecule has 7 atom stereocenters. The second-order valence-corrected chi connectivity index (χ2v) is 10.8. The minimum atomic E-state index is -0.282. The predicted molar refractivity (Wildman–Crippen MR) is 114 cm³/mol. The van der Waals surface area contributed by atoms with Crippen LogP contribution in [0.3, 0.4) is 0 Å². The second-order valence-electron chi connectivity index (χ2n) is 10.8. The molecule has 1 aromatic heterocycles. The van der Waals surface area contributed by atoms with Gasteiger partial charge in [-0.25, -0.2) is 0 Å². The highest BCUT2D eigenvalue weighted by Gasteiger charge is 2.60. The third-order valence-corrected chi connectivity index (χ3v) is 9.83. The van der Waals surface area contributed by atoms with E-state index < -0.39 is 0 Å². The Morgan fingerprint density at radius 2 is 1.96 bits per heavy atom. The Kier molecular flexibility index (Phi) is 4.54. The molecule has 0 aliphatic heterocycles. The zero-order valence-corrected chi connectivity index (χ0v) is 18.0. The first-order valence-electron chi connectivity index (χ1n) is 11.9. The van der Waals surface area contributed by atoms with E-state index in [9.17, 15) is 5.11 Å². The van der Waals surface area contributed by atoms with E-state index in [4.69, 9.17) is 0 Å². The molecule has 5 rings (SSSR count). The van der Waals surface area contributed by atoms with Gasteiger partial charge >= 0.3 is 0 Å². The molecule has 3 nitrogen and oxygen atoms in total. The van der Waals surface area contributed by atoms with Crippen molar-refractivity contribution in [3.05, 3.63) is 23.5 Å². The SMILES string of the molecule is CCn1nccc1/C=C1/C[C@H]2[C@@H]3CC[C@H]4CCCC[C@]4(C)[C@H]3CC[C@]2(C)[C@@H]1O. The van der Waals surface area contributed by atoms with Crippen LogP contribution in [0.25, 0.3) is 6.08 Å². The molecule has 0 amide bonds. The Hall–Kier alpha value is -1.09. The molecular weight excluding hydrogens is 344 g/mol. The molecule has 1 N–H and O–H groups in total. The lowest BCUT2D eigenvalue weighted by Gasteiger charge is -2.60. The molecule has 4 saturated carbocycles. The van der Waals surface area contributed by atoms with Crippen LogP contribution in [-0.2, 0) is 6.54 Å². The van der Waals surface area contributed by atoms with Crippen LogP contribution in [0.15, 0.2) is 17.8 Å². The monoisotopic (exact) mass is 382 g/mol. The van der Waals surface area contributed by atoms with Gasteiger partial charge in [0.05, 0.1) is 11.8 Å². The Morgan fingerprint density at radius 1 is 1.11 bits per heavy atom. The number of aryl methyl sites for hydroxylation is 1. The number of hydrogen-bond donors (Lipinski definition) is 1. The van der Waals surface area contributed by atoms with Crippen molar-refractivity contribution in [3.8, 4) is 0 Å². The number of aliphatic hydroxyl groups excluding tert-OH is 1. The van der Waals surface area contributed by atoms with E-state index in [1.807, 2.05) is 10.9 Å². The molecule has 0 bridgehead atoms. The number of aliphatic hydroxyl groups is 1. The van der Waals surface area contributed by atoms with Crippen LogP contribution in [-0.4, -0.2) is 21.0 Å². The molecule has 3 heteroatoms. The van der Waals surface area contributed by atoms with Crippen molar-refractivity contribution >= 4 is 6.08 Å². The molecule has 28 heavy (non-hydrogen) atoms. The lowest BCUT2D eigenvalue weighted by Crippen LogP contribution is -2.53. The number of nitrogens with zero attached hydrogens (tertiary/aromatic N) is 2. The minimum absolute atomic E-state index is 0.0714. The van der Waals surface area contributed by atoms with Crippen molar-refractivity contribution in [2.24, 2.45) is 34.5 Å². The van der Waals surface area contributed by atoms with Crippen LogP contribution in [0.1, 0.15) is 84.3 Å². The van der Waals surface area contributed by atoms with E-state index >= 15 is 0 Å². The van der Waals surface area contributed by atoms with Gasteiger partial charge in [-0.3, -0.25) is 4.68 Å². The predicted octanol–water partition coefficient (Wildman–Crippen LogP) is 5.69. The first-order chi connectivity index (χ1) is 13.5. The van der Waals surface area contributed by atoms with Gasteiger partial charge in [-0.1, -0.05) is 26.7 Å². The zero-order chi connectivity index (χ0) is 19.5. The van der Waals surface area contributed by atoms with Crippen LogP contribution >= 0.6 is 0 Å². The summed E-state index contributed by atoms with van der Waals surface area (Å²) >= 11 is 0. The Balaban J connectivity index is 1.46. The third-order valence-electron chi connectivity index (χ3n) is 9.83. The summed E-state index contributed by atoms with van der Waals surface area (Å²) in [7, 11) is 0. The van der Waals surface area contributed by atoms with E-state index in [0.717, 1.165) is 36.4 Å². The van der Waals surface area contributed by atoms with Gasteiger partial charge in [0.1, 0.15) is 0 Å². The van der Waals surface area contributed by atoms with Gasteiger partial charge in [0, 0.05) is 18.2 Å². The maximum atomic E-state index is 11.4. The maximum Gasteiger partial charge on any atom is 0.0810 e. The second kappa shape index (κ2) is 6.72. The summed E-state index contributed by atoms with van der Waals surface area (Å²) in [6.45, 7) is 8.05. The van der Waals surface area contributed by atoms with E-state index in [-0.39, 0.29) is 11.5 Å². The fraction of sp³-hybridized carbons (Fsp3) is 0.800. The molecule has 0 spiro atoms. The fourth-order valence-corrected chi connectivity index (χ4v) is 8.21. The largest absolute Gasteiger partial charge is 0.388 e. The standard InChI is InChI=1S/C25H38N2O/c1-4-27-19(11-14-26-27)15-17-16-22-20-9-8-18-7-5-6-12-24(18,2)21(20)10-13-25(22,3)23(17)28/h11,14-15,18,20-23,28H,4-10,12-13,16H2,1-3H3/b17-15-/t18-,20-,21+,22+,23-,24+,25+/m1/s1. The summed E-state index contributed by atoms with van der Waals surface area (Å²) in [5, 5.41) is 15.8. The van der Waals surface area contributed by atoms with Gasteiger partial charge < -0.3 is 5.11 Å². The van der Waals surface area contributed by atoms with Gasteiger partial charge in [0.2, 0.25) is 0 Å². The maximum absolute atomic E-state index is 11.4. The number of fused-ring (bicyclic) bond motifs is 5. The lowest BCUT2D eigenvalue weighted by molar-refractivity contribution is -0.119. The Bertz CT molecular complexity index is 766. The normalized spacial score (nSPS) is 46.9. The first kappa shape index (κ1) is 18.9. The van der Waals surface area contributed by atoms with Gasteiger partial charge in [0.15, 0.2) is 0 Å². The molecule has 1 heterocycles. The topological polar surface area (TPSA) is 38.0 Å². The third kappa shape index (κ3) is 2.61. The van der Waals surface area contributed by atoms with Crippen molar-refractivity contribution in [3.63, 3.8) is 0 Å². The molecule has 1 aromatic rings. The molecule has 154 valence electrons. The quantitative estimate of drug-likeness (QED) is 0.713. The molecule has 4 fully saturated rings. The van der Waals surface area contributed by atoms with Crippen molar-refractivity contribution in [2.75, 3.05) is 0 Å². The number of hydrogen-bond acceptors (Lipinski definition) is 2. The van der Waals surface area contributed by atoms with Crippen LogP contribution in [0.5, 0.6) is 0 Å². The average molecular weight is 383 g/mol. The molecule has 0 radical (unpaired) electrons. The highest BCUT2D eigenvalue weighted by atomic mass is 16.3. The molecule has 0 unspecified atom stereocenters. The van der Waals surface area contributed by atoms with Gasteiger partial charge in [-0.05, 0) is 98.7 Å². The number of rotatable bonds is 2. The number of aromatic nitrogens is 2. The highest BCUT2D eigenvalue weighted by molar-refractivity contribution is 5.52. The molecule has 4 aliphatic rings. The minimum Gasteiger partial charge on any atom is -0.388 e. The van der Waals surface area contributed by atoms with Crippen LogP contribution in [0.4, 0.5) is 0 Å². The summed E-state index contributed by atoms with van der Waals surface area (Å²) in [5.41, 5.74) is 3.06. The lowest BCUT2D eigenvalue weighted by atomic mass is 9.45. The van der Waals surface area contributed by atoms with E-state index in [2.05, 4.69) is 38.0 Å². The van der Waals surface area contributed by atoms with E-state index in [1.165, 1.54) is 56.9 Å². The van der Waals surface area contributed by atoms with Crippen molar-refractivity contribution in [2.45, 2.75) is 91.2 Å². The summed E-state index contributed by atoms with van der Waals surface area (Å²) in [6.07, 6.45) is 16.1. The van der Waals surface area contributed by atoms with Crippen LogP contribution < -0.4 is 0 Å². The van der Waals surface area contributed by atoms with Gasteiger partial charge in [0.25, 0.3) is 0 Å². The summed E-state index contributed by atoms with van der Waals surface area (Å²) in [5.74, 6) is 3.32. The molecular formula is C25H38N2O. The summed E-state index contributed by atoms with van der Waals surface area (Å²) in [4.78, 5) is 0. The molecule has 4 aliphatic carbocycles. The Morgan fingerprint density at radius 3 is 2.79 bits per heavy atom. The summed E-state index contributed by atoms with van der Waals surface area (Å²) < 4.78 is 2.04. The zero-order valence-electron chi connectivity index (χ0n) is 18.0. The van der Waals surface area contributed by atoms with Crippen molar-refractivity contribution in [1.29, 1.82) is 0 Å². The Labute approximate surface area is 170 Å².